The number of likely N-dealkylation sites (tertiary alicyclic amines) is 1. The molecule has 1 heterocycles. The van der Waals surface area contributed by atoms with E-state index in [1.165, 1.54) is 23.1 Å². The maximum atomic E-state index is 12.7. The normalized spacial score (nSPS) is 15.8. The Balaban J connectivity index is 2.56. The first-order valence-electron chi connectivity index (χ1n) is 7.09. The molecule has 0 spiro atoms. The van der Waals surface area contributed by atoms with E-state index in [2.05, 4.69) is 0 Å². The van der Waals surface area contributed by atoms with Crippen LogP contribution in [0, 0.1) is 10.1 Å². The Labute approximate surface area is 137 Å². The number of carbonyl (C=O) groups excluding carboxylic acids is 1. The molecular formula is C15H15ClN2O5. The van der Waals surface area contributed by atoms with Crippen LogP contribution in [0.2, 0.25) is 5.02 Å². The van der Waals surface area contributed by atoms with Gasteiger partial charge in [-0.2, -0.15) is 0 Å². The standard InChI is InChI=1S/C15H15ClN2O5/c16-11-6-4-5-10(9-11)14(19)12(13(15(20)21)18(22)23)17-7-2-1-3-8-17/h4-6,9H,1-3,7-8H2,(H,20,21)/b13-12+. The summed E-state index contributed by atoms with van der Waals surface area (Å²) in [6.45, 7) is 0.818. The van der Waals surface area contributed by atoms with Gasteiger partial charge >= 0.3 is 11.7 Å². The van der Waals surface area contributed by atoms with Gasteiger partial charge in [0.25, 0.3) is 0 Å². The number of hydrogen-bond donors (Lipinski definition) is 1. The van der Waals surface area contributed by atoms with E-state index in [0.29, 0.717) is 18.1 Å². The molecule has 0 amide bonds. The number of rotatable bonds is 5. The summed E-state index contributed by atoms with van der Waals surface area (Å²) < 4.78 is 0. The third kappa shape index (κ3) is 3.87. The van der Waals surface area contributed by atoms with Crippen LogP contribution in [0.1, 0.15) is 29.6 Å². The number of nitrogens with zero attached hydrogens (tertiary/aromatic N) is 2. The SMILES string of the molecule is O=C(O)/C(=C(/C(=O)c1cccc(Cl)c1)N1CCCCC1)[N+](=O)[O-]. The third-order valence-corrected chi connectivity index (χ3v) is 3.82. The highest BCUT2D eigenvalue weighted by atomic mass is 35.5. The Kier molecular flexibility index (Phi) is 5.33. The maximum absolute atomic E-state index is 12.7. The molecule has 7 nitrogen and oxygen atoms in total. The van der Waals surface area contributed by atoms with Gasteiger partial charge in [0.1, 0.15) is 0 Å². The van der Waals surface area contributed by atoms with Gasteiger partial charge in [-0.25, -0.2) is 4.79 Å². The first kappa shape index (κ1) is 17.0. The highest BCUT2D eigenvalue weighted by molar-refractivity contribution is 6.31. The summed E-state index contributed by atoms with van der Waals surface area (Å²) in [5.41, 5.74) is -1.36. The molecule has 1 aliphatic heterocycles. The van der Waals surface area contributed by atoms with E-state index >= 15 is 0 Å². The summed E-state index contributed by atoms with van der Waals surface area (Å²) in [6, 6.07) is 5.93. The van der Waals surface area contributed by atoms with E-state index in [0.717, 1.165) is 19.3 Å². The van der Waals surface area contributed by atoms with Gasteiger partial charge in [-0.3, -0.25) is 14.9 Å². The van der Waals surface area contributed by atoms with Crippen molar-refractivity contribution in [2.24, 2.45) is 0 Å². The lowest BCUT2D eigenvalue weighted by molar-refractivity contribution is -0.422. The van der Waals surface area contributed by atoms with Crippen LogP contribution in [0.25, 0.3) is 0 Å². The monoisotopic (exact) mass is 338 g/mol. The first-order valence-corrected chi connectivity index (χ1v) is 7.46. The molecule has 8 heteroatoms. The lowest BCUT2D eigenvalue weighted by atomic mass is 10.0. The second-order valence-electron chi connectivity index (χ2n) is 5.15. The number of ketones is 1. The number of carboxylic acids is 1. The topological polar surface area (TPSA) is 101 Å². The average Bonchev–Trinajstić information content (AvgIpc) is 2.52. The Bertz CT molecular complexity index is 664. The fourth-order valence-corrected chi connectivity index (χ4v) is 2.74. The quantitative estimate of drug-likeness (QED) is 0.383. The number of allylic oxidation sites excluding steroid dienone is 1. The summed E-state index contributed by atoms with van der Waals surface area (Å²) in [6.07, 6.45) is 2.43. The van der Waals surface area contributed by atoms with Crippen LogP contribution in [0.3, 0.4) is 0 Å². The van der Waals surface area contributed by atoms with Crippen molar-refractivity contribution in [1.29, 1.82) is 0 Å². The number of hydrogen-bond acceptors (Lipinski definition) is 5. The zero-order valence-corrected chi connectivity index (χ0v) is 13.0. The van der Waals surface area contributed by atoms with E-state index in [1.807, 2.05) is 0 Å². The predicted octanol–water partition coefficient (Wildman–Crippen LogP) is 2.58. The molecule has 2 rings (SSSR count). The molecule has 122 valence electrons. The van der Waals surface area contributed by atoms with Crippen LogP contribution < -0.4 is 0 Å². The molecule has 0 aliphatic carbocycles. The van der Waals surface area contributed by atoms with E-state index in [1.54, 1.807) is 6.07 Å². The Morgan fingerprint density at radius 1 is 1.22 bits per heavy atom. The fourth-order valence-electron chi connectivity index (χ4n) is 2.55. The third-order valence-electron chi connectivity index (χ3n) is 3.58. The average molecular weight is 339 g/mol. The van der Waals surface area contributed by atoms with Gasteiger partial charge in [-0.15, -0.1) is 0 Å². The number of Topliss-reactive ketones (excluding diaryl/α,β-unsaturated/α-hetero) is 1. The van der Waals surface area contributed by atoms with Crippen molar-refractivity contribution in [2.45, 2.75) is 19.3 Å². The molecule has 0 saturated carbocycles. The first-order chi connectivity index (χ1) is 10.9. The Morgan fingerprint density at radius 3 is 2.39 bits per heavy atom. The van der Waals surface area contributed by atoms with E-state index in [-0.39, 0.29) is 11.3 Å². The molecule has 0 radical (unpaired) electrons. The smallest absolute Gasteiger partial charge is 0.409 e. The molecule has 0 atom stereocenters. The summed E-state index contributed by atoms with van der Waals surface area (Å²) in [5, 5.41) is 20.7. The highest BCUT2D eigenvalue weighted by Gasteiger charge is 2.36. The zero-order chi connectivity index (χ0) is 17.0. The Hall–Kier alpha value is -2.41. The van der Waals surface area contributed by atoms with Crippen LogP contribution in [-0.2, 0) is 4.79 Å². The number of aliphatic carboxylic acids is 1. The number of carboxylic acid groups (broad SMARTS) is 1. The van der Waals surface area contributed by atoms with Crippen molar-refractivity contribution < 1.29 is 19.6 Å². The molecule has 1 aliphatic rings. The summed E-state index contributed by atoms with van der Waals surface area (Å²) >= 11 is 5.85. The van der Waals surface area contributed by atoms with Crippen molar-refractivity contribution >= 4 is 23.4 Å². The van der Waals surface area contributed by atoms with Crippen molar-refractivity contribution in [1.82, 2.24) is 4.90 Å². The molecule has 0 aromatic heterocycles. The van der Waals surface area contributed by atoms with Crippen LogP contribution >= 0.6 is 11.6 Å². The van der Waals surface area contributed by atoms with Crippen LogP contribution in [-0.4, -0.2) is 39.8 Å². The number of carbonyl (C=O) groups is 2. The van der Waals surface area contributed by atoms with E-state index in [4.69, 9.17) is 11.6 Å². The van der Waals surface area contributed by atoms with Crippen molar-refractivity contribution in [3.63, 3.8) is 0 Å². The number of piperidine rings is 1. The van der Waals surface area contributed by atoms with Gasteiger partial charge in [0.15, 0.2) is 5.70 Å². The van der Waals surface area contributed by atoms with Crippen LogP contribution in [0.4, 0.5) is 0 Å². The van der Waals surface area contributed by atoms with E-state index in [9.17, 15) is 24.8 Å². The van der Waals surface area contributed by atoms with Crippen LogP contribution in [0.15, 0.2) is 35.7 Å². The molecule has 1 fully saturated rings. The lowest BCUT2D eigenvalue weighted by Gasteiger charge is -2.29. The zero-order valence-electron chi connectivity index (χ0n) is 12.2. The molecule has 1 N–H and O–H groups in total. The summed E-state index contributed by atoms with van der Waals surface area (Å²) in [5.74, 6) is -2.44. The Morgan fingerprint density at radius 2 is 1.87 bits per heavy atom. The second kappa shape index (κ2) is 7.23. The molecule has 0 bridgehead atoms. The highest BCUT2D eigenvalue weighted by Crippen LogP contribution is 2.23. The summed E-state index contributed by atoms with van der Waals surface area (Å²) in [4.78, 5) is 35.7. The minimum Gasteiger partial charge on any atom is -0.473 e. The molecule has 1 saturated heterocycles. The molecule has 1 aromatic rings. The van der Waals surface area contributed by atoms with Crippen molar-refractivity contribution in [3.8, 4) is 0 Å². The minimum atomic E-state index is -1.73. The minimum absolute atomic E-state index is 0.124. The molecule has 1 aromatic carbocycles. The fraction of sp³-hybridized carbons (Fsp3) is 0.333. The molecular weight excluding hydrogens is 324 g/mol. The van der Waals surface area contributed by atoms with E-state index < -0.39 is 22.4 Å². The van der Waals surface area contributed by atoms with Crippen LogP contribution in [0.5, 0.6) is 0 Å². The van der Waals surface area contributed by atoms with Gasteiger partial charge in [-0.1, -0.05) is 23.7 Å². The van der Waals surface area contributed by atoms with Gasteiger partial charge in [0, 0.05) is 23.7 Å². The van der Waals surface area contributed by atoms with Gasteiger partial charge < -0.3 is 10.0 Å². The van der Waals surface area contributed by atoms with Gasteiger partial charge in [0.05, 0.1) is 4.92 Å². The molecule has 23 heavy (non-hydrogen) atoms. The largest absolute Gasteiger partial charge is 0.473 e. The predicted molar refractivity (Wildman–Crippen MR) is 82.9 cm³/mol. The van der Waals surface area contributed by atoms with Crippen molar-refractivity contribution in [2.75, 3.05) is 13.1 Å². The number of benzene rings is 1. The molecule has 0 unspecified atom stereocenters. The number of halogens is 1. The second-order valence-corrected chi connectivity index (χ2v) is 5.58. The van der Waals surface area contributed by atoms with Gasteiger partial charge in [0.2, 0.25) is 5.78 Å². The van der Waals surface area contributed by atoms with Gasteiger partial charge in [-0.05, 0) is 31.4 Å². The maximum Gasteiger partial charge on any atom is 0.409 e. The summed E-state index contributed by atoms with van der Waals surface area (Å²) in [7, 11) is 0. The van der Waals surface area contributed by atoms with Crippen molar-refractivity contribution in [3.05, 3.63) is 56.4 Å². The number of nitro groups is 1. The lowest BCUT2D eigenvalue weighted by Crippen LogP contribution is -2.36.